The van der Waals surface area contributed by atoms with E-state index in [2.05, 4.69) is 21.2 Å². The van der Waals surface area contributed by atoms with Crippen LogP contribution in [0.1, 0.15) is 12.8 Å². The lowest BCUT2D eigenvalue weighted by Gasteiger charge is -2.26. The van der Waals surface area contributed by atoms with Crippen LogP contribution in [0.25, 0.3) is 0 Å². The number of rotatable bonds is 6. The normalized spacial score (nSPS) is 16.5. The van der Waals surface area contributed by atoms with Crippen LogP contribution in [0.15, 0.2) is 28.7 Å². The molecule has 0 spiro atoms. The summed E-state index contributed by atoms with van der Waals surface area (Å²) in [6, 6.07) is 7.12. The van der Waals surface area contributed by atoms with Crippen LogP contribution in [0.5, 0.6) is 5.75 Å². The van der Waals surface area contributed by atoms with Crippen molar-refractivity contribution in [3.05, 3.63) is 28.7 Å². The number of amides is 1. The largest absolute Gasteiger partial charge is 0.492 e. The maximum absolute atomic E-state index is 12.0. The SMILES string of the molecule is Cl.NC(C(=O)NCCOc1ccc(Br)cc1)C1CCOCC1. The quantitative estimate of drug-likeness (QED) is 0.726. The van der Waals surface area contributed by atoms with E-state index in [0.717, 1.165) is 23.1 Å². The first-order valence-electron chi connectivity index (χ1n) is 7.16. The van der Waals surface area contributed by atoms with Crippen LogP contribution in [0.2, 0.25) is 0 Å². The molecule has 1 fully saturated rings. The van der Waals surface area contributed by atoms with Crippen molar-refractivity contribution in [2.24, 2.45) is 11.7 Å². The van der Waals surface area contributed by atoms with E-state index in [4.69, 9.17) is 15.2 Å². The number of nitrogens with two attached hydrogens (primary N) is 1. The Kier molecular flexibility index (Phi) is 8.78. The Morgan fingerprint density at radius 2 is 2.00 bits per heavy atom. The molecular formula is C15H22BrClN2O3. The van der Waals surface area contributed by atoms with Crippen LogP contribution >= 0.6 is 28.3 Å². The molecule has 1 aromatic rings. The fourth-order valence-corrected chi connectivity index (χ4v) is 2.55. The van der Waals surface area contributed by atoms with Crippen molar-refractivity contribution in [3.8, 4) is 5.75 Å². The minimum atomic E-state index is -0.457. The molecule has 1 heterocycles. The Balaban J connectivity index is 0.00000242. The van der Waals surface area contributed by atoms with Crippen LogP contribution in [0.4, 0.5) is 0 Å². The molecule has 1 amide bonds. The number of nitrogens with one attached hydrogen (secondary N) is 1. The van der Waals surface area contributed by atoms with Gasteiger partial charge in [0, 0.05) is 17.7 Å². The zero-order valence-electron chi connectivity index (χ0n) is 12.3. The predicted molar refractivity (Wildman–Crippen MR) is 91.4 cm³/mol. The Bertz CT molecular complexity index is 453. The van der Waals surface area contributed by atoms with Crippen molar-refractivity contribution in [2.45, 2.75) is 18.9 Å². The number of hydrogen-bond donors (Lipinski definition) is 2. The average Bonchev–Trinajstić information content (AvgIpc) is 2.53. The third kappa shape index (κ3) is 6.12. The minimum Gasteiger partial charge on any atom is -0.492 e. The van der Waals surface area contributed by atoms with E-state index in [0.29, 0.717) is 26.4 Å². The molecule has 5 nitrogen and oxygen atoms in total. The number of ether oxygens (including phenoxy) is 2. The number of halogens is 2. The van der Waals surface area contributed by atoms with Crippen molar-refractivity contribution in [3.63, 3.8) is 0 Å². The predicted octanol–water partition coefficient (Wildman–Crippen LogP) is 2.12. The van der Waals surface area contributed by atoms with Crippen molar-refractivity contribution in [2.75, 3.05) is 26.4 Å². The summed E-state index contributed by atoms with van der Waals surface area (Å²) in [5.74, 6) is 0.883. The van der Waals surface area contributed by atoms with Crippen LogP contribution in [0, 0.1) is 5.92 Å². The van der Waals surface area contributed by atoms with E-state index in [-0.39, 0.29) is 24.2 Å². The molecule has 0 saturated carbocycles. The van der Waals surface area contributed by atoms with E-state index >= 15 is 0 Å². The van der Waals surface area contributed by atoms with Gasteiger partial charge in [0.25, 0.3) is 0 Å². The smallest absolute Gasteiger partial charge is 0.237 e. The molecule has 3 N–H and O–H groups in total. The van der Waals surface area contributed by atoms with Crippen LogP contribution in [-0.4, -0.2) is 38.3 Å². The molecule has 0 aliphatic carbocycles. The summed E-state index contributed by atoms with van der Waals surface area (Å²) in [7, 11) is 0. The monoisotopic (exact) mass is 392 g/mol. The molecule has 0 aromatic heterocycles. The van der Waals surface area contributed by atoms with Gasteiger partial charge in [0.15, 0.2) is 0 Å². The Hall–Kier alpha value is -0.820. The molecule has 22 heavy (non-hydrogen) atoms. The molecular weight excluding hydrogens is 372 g/mol. The molecule has 0 radical (unpaired) electrons. The highest BCUT2D eigenvalue weighted by molar-refractivity contribution is 9.10. The molecule has 124 valence electrons. The first kappa shape index (κ1) is 19.2. The highest BCUT2D eigenvalue weighted by Gasteiger charge is 2.26. The molecule has 1 unspecified atom stereocenters. The average molecular weight is 394 g/mol. The van der Waals surface area contributed by atoms with Gasteiger partial charge in [-0.05, 0) is 43.0 Å². The van der Waals surface area contributed by atoms with E-state index in [1.807, 2.05) is 24.3 Å². The topological polar surface area (TPSA) is 73.6 Å². The summed E-state index contributed by atoms with van der Waals surface area (Å²) < 4.78 is 11.8. The van der Waals surface area contributed by atoms with Crippen molar-refractivity contribution >= 4 is 34.2 Å². The van der Waals surface area contributed by atoms with Gasteiger partial charge in [-0.2, -0.15) is 0 Å². The first-order valence-corrected chi connectivity index (χ1v) is 7.95. The number of carbonyl (C=O) groups is 1. The second-order valence-corrected chi connectivity index (χ2v) is 5.98. The maximum Gasteiger partial charge on any atom is 0.237 e. The van der Waals surface area contributed by atoms with Crippen molar-refractivity contribution in [1.29, 1.82) is 0 Å². The van der Waals surface area contributed by atoms with Gasteiger partial charge in [0.05, 0.1) is 12.6 Å². The summed E-state index contributed by atoms with van der Waals surface area (Å²) in [5, 5.41) is 2.82. The molecule has 1 saturated heterocycles. The second kappa shape index (κ2) is 10.0. The molecule has 1 aliphatic heterocycles. The summed E-state index contributed by atoms with van der Waals surface area (Å²) >= 11 is 3.36. The fraction of sp³-hybridized carbons (Fsp3) is 0.533. The van der Waals surface area contributed by atoms with E-state index in [9.17, 15) is 4.79 Å². The van der Waals surface area contributed by atoms with Crippen LogP contribution in [0.3, 0.4) is 0 Å². The lowest BCUT2D eigenvalue weighted by Crippen LogP contribution is -2.47. The molecule has 1 atom stereocenters. The molecule has 0 bridgehead atoms. The Labute approximate surface area is 145 Å². The highest BCUT2D eigenvalue weighted by Crippen LogP contribution is 2.18. The molecule has 1 aliphatic rings. The summed E-state index contributed by atoms with van der Waals surface area (Å²) in [6.07, 6.45) is 1.70. The summed E-state index contributed by atoms with van der Waals surface area (Å²) in [4.78, 5) is 12.0. The zero-order valence-corrected chi connectivity index (χ0v) is 14.7. The van der Waals surface area contributed by atoms with Crippen molar-refractivity contribution in [1.82, 2.24) is 5.32 Å². The van der Waals surface area contributed by atoms with E-state index in [1.54, 1.807) is 0 Å². The van der Waals surface area contributed by atoms with Crippen LogP contribution < -0.4 is 15.8 Å². The van der Waals surface area contributed by atoms with Gasteiger partial charge in [-0.3, -0.25) is 4.79 Å². The second-order valence-electron chi connectivity index (χ2n) is 5.07. The third-order valence-corrected chi connectivity index (χ3v) is 4.09. The first-order chi connectivity index (χ1) is 10.2. The van der Waals surface area contributed by atoms with Gasteiger partial charge in [0.1, 0.15) is 12.4 Å². The Morgan fingerprint density at radius 1 is 1.36 bits per heavy atom. The van der Waals surface area contributed by atoms with Gasteiger partial charge in [-0.25, -0.2) is 0 Å². The zero-order chi connectivity index (χ0) is 15.1. The standard InChI is InChI=1S/C15H21BrN2O3.ClH/c16-12-1-3-13(4-2-12)21-10-7-18-15(19)14(17)11-5-8-20-9-6-11;/h1-4,11,14H,5-10,17H2,(H,18,19);1H. The van der Waals surface area contributed by atoms with Crippen LogP contribution in [-0.2, 0) is 9.53 Å². The minimum absolute atomic E-state index is 0. The fourth-order valence-electron chi connectivity index (χ4n) is 2.28. The van der Waals surface area contributed by atoms with Gasteiger partial charge < -0.3 is 20.5 Å². The van der Waals surface area contributed by atoms with Gasteiger partial charge in [-0.15, -0.1) is 12.4 Å². The molecule has 2 rings (SSSR count). The molecule has 1 aromatic carbocycles. The summed E-state index contributed by atoms with van der Waals surface area (Å²) in [6.45, 7) is 2.26. The van der Waals surface area contributed by atoms with E-state index in [1.165, 1.54) is 0 Å². The Morgan fingerprint density at radius 3 is 2.64 bits per heavy atom. The number of carbonyl (C=O) groups excluding carboxylic acids is 1. The third-order valence-electron chi connectivity index (χ3n) is 3.56. The molecule has 7 heteroatoms. The number of benzene rings is 1. The number of hydrogen-bond acceptors (Lipinski definition) is 4. The summed E-state index contributed by atoms with van der Waals surface area (Å²) in [5.41, 5.74) is 5.99. The van der Waals surface area contributed by atoms with Crippen molar-refractivity contribution < 1.29 is 14.3 Å². The maximum atomic E-state index is 12.0. The lowest BCUT2D eigenvalue weighted by molar-refractivity contribution is -0.124. The lowest BCUT2D eigenvalue weighted by atomic mass is 9.92. The van der Waals surface area contributed by atoms with Gasteiger partial charge in [-0.1, -0.05) is 15.9 Å². The van der Waals surface area contributed by atoms with E-state index < -0.39 is 6.04 Å². The van der Waals surface area contributed by atoms with Gasteiger partial charge >= 0.3 is 0 Å². The highest BCUT2D eigenvalue weighted by atomic mass is 79.9. The van der Waals surface area contributed by atoms with Gasteiger partial charge in [0.2, 0.25) is 5.91 Å².